The average Bonchev–Trinajstić information content (AvgIpc) is 2.54. The van der Waals surface area contributed by atoms with Gasteiger partial charge in [-0.3, -0.25) is 14.9 Å². The van der Waals surface area contributed by atoms with Gasteiger partial charge < -0.3 is 9.47 Å². The Balaban J connectivity index is 1.33. The molecule has 0 saturated carbocycles. The molecule has 0 aliphatic carbocycles. The van der Waals surface area contributed by atoms with Crippen molar-refractivity contribution in [2.75, 3.05) is 19.7 Å². The topological polar surface area (TPSA) is 60.4 Å². The van der Waals surface area contributed by atoms with Crippen LogP contribution in [0.15, 0.2) is 30.6 Å². The van der Waals surface area contributed by atoms with Crippen molar-refractivity contribution in [3.63, 3.8) is 0 Å². The fraction of sp³-hybridized carbons (Fsp3) is 0.526. The van der Waals surface area contributed by atoms with E-state index >= 15 is 0 Å². The second-order valence-electron chi connectivity index (χ2n) is 7.18. The van der Waals surface area contributed by atoms with E-state index in [-0.39, 0.29) is 11.7 Å². The Hall–Kier alpha value is -2.05. The van der Waals surface area contributed by atoms with Gasteiger partial charge in [0.15, 0.2) is 0 Å². The van der Waals surface area contributed by atoms with E-state index in [1.165, 1.54) is 0 Å². The molecule has 25 heavy (non-hydrogen) atoms. The summed E-state index contributed by atoms with van der Waals surface area (Å²) >= 11 is 0. The van der Waals surface area contributed by atoms with Gasteiger partial charge in [0.25, 0.3) is 0 Å². The molecule has 4 rings (SSSR count). The highest BCUT2D eigenvalue weighted by molar-refractivity contribution is 5.12. The number of hydrogen-bond donors (Lipinski definition) is 0. The number of ether oxygens (including phenoxy) is 2. The molecule has 2 aliphatic heterocycles. The van der Waals surface area contributed by atoms with Crippen molar-refractivity contribution in [3.8, 4) is 5.88 Å². The molecule has 2 saturated heterocycles. The van der Waals surface area contributed by atoms with Crippen LogP contribution in [0.1, 0.15) is 29.9 Å². The second-order valence-corrected chi connectivity index (χ2v) is 7.18. The van der Waals surface area contributed by atoms with Gasteiger partial charge in [0, 0.05) is 44.4 Å². The molecule has 0 amide bonds. The van der Waals surface area contributed by atoms with Gasteiger partial charge in [0.05, 0.1) is 29.8 Å². The fourth-order valence-corrected chi connectivity index (χ4v) is 3.77. The van der Waals surface area contributed by atoms with Crippen molar-refractivity contribution < 1.29 is 9.47 Å². The third-order valence-electron chi connectivity index (χ3n) is 4.82. The molecule has 4 heterocycles. The van der Waals surface area contributed by atoms with Gasteiger partial charge in [-0.15, -0.1) is 0 Å². The van der Waals surface area contributed by atoms with E-state index in [1.807, 2.05) is 19.9 Å². The zero-order valence-electron chi connectivity index (χ0n) is 14.8. The summed E-state index contributed by atoms with van der Waals surface area (Å²) in [7, 11) is 0. The molecule has 0 unspecified atom stereocenters. The van der Waals surface area contributed by atoms with E-state index in [9.17, 15) is 0 Å². The third-order valence-corrected chi connectivity index (χ3v) is 4.82. The molecule has 2 fully saturated rings. The van der Waals surface area contributed by atoms with Crippen LogP contribution in [0.2, 0.25) is 0 Å². The van der Waals surface area contributed by atoms with E-state index in [1.54, 1.807) is 12.4 Å². The largest absolute Gasteiger partial charge is 0.473 e. The molecule has 0 N–H and O–H groups in total. The van der Waals surface area contributed by atoms with Crippen molar-refractivity contribution in [2.24, 2.45) is 0 Å². The van der Waals surface area contributed by atoms with E-state index in [0.717, 1.165) is 56.2 Å². The van der Waals surface area contributed by atoms with E-state index in [0.29, 0.717) is 5.88 Å². The monoisotopic (exact) mass is 340 g/mol. The summed E-state index contributed by atoms with van der Waals surface area (Å²) in [4.78, 5) is 15.5. The number of pyridine rings is 1. The summed E-state index contributed by atoms with van der Waals surface area (Å²) in [5.41, 5.74) is 2.98. The normalized spacial score (nSPS) is 22.6. The van der Waals surface area contributed by atoms with Crippen LogP contribution in [-0.2, 0) is 11.3 Å². The minimum atomic E-state index is -0.0794. The Morgan fingerprint density at radius 2 is 2.08 bits per heavy atom. The van der Waals surface area contributed by atoms with E-state index < -0.39 is 0 Å². The molecule has 2 aliphatic rings. The highest BCUT2D eigenvalue weighted by Gasteiger charge is 2.48. The molecule has 132 valence electrons. The van der Waals surface area contributed by atoms with Crippen LogP contribution in [0.25, 0.3) is 0 Å². The van der Waals surface area contributed by atoms with Crippen LogP contribution >= 0.6 is 0 Å². The Kier molecular flexibility index (Phi) is 4.39. The van der Waals surface area contributed by atoms with Crippen LogP contribution in [0, 0.1) is 13.8 Å². The van der Waals surface area contributed by atoms with Gasteiger partial charge in [-0.05, 0) is 26.0 Å². The number of rotatable bonds is 4. The third kappa shape index (κ3) is 3.80. The van der Waals surface area contributed by atoms with Crippen molar-refractivity contribution in [2.45, 2.75) is 44.9 Å². The zero-order chi connectivity index (χ0) is 17.3. The lowest BCUT2D eigenvalue weighted by Crippen LogP contribution is -2.65. The van der Waals surface area contributed by atoms with Crippen molar-refractivity contribution in [1.29, 1.82) is 0 Å². The SMILES string of the molecule is Cc1cccc(CN2CC3(C[C@H](Oc4cncc(C)n4)CCO3)C2)n1. The van der Waals surface area contributed by atoms with Crippen LogP contribution in [0.3, 0.4) is 0 Å². The Bertz CT molecular complexity index is 746. The lowest BCUT2D eigenvalue weighted by molar-refractivity contribution is -0.188. The van der Waals surface area contributed by atoms with Crippen molar-refractivity contribution in [3.05, 3.63) is 47.7 Å². The Morgan fingerprint density at radius 3 is 2.88 bits per heavy atom. The molecular formula is C19H24N4O2. The lowest BCUT2D eigenvalue weighted by atomic mass is 9.84. The number of likely N-dealkylation sites (tertiary alicyclic amines) is 1. The molecule has 0 aromatic carbocycles. The Morgan fingerprint density at radius 1 is 1.20 bits per heavy atom. The molecule has 1 atom stereocenters. The van der Waals surface area contributed by atoms with Gasteiger partial charge >= 0.3 is 0 Å². The van der Waals surface area contributed by atoms with E-state index in [2.05, 4.69) is 32.0 Å². The Labute approximate surface area is 148 Å². The van der Waals surface area contributed by atoms with Gasteiger partial charge in [0.2, 0.25) is 5.88 Å². The minimum absolute atomic E-state index is 0.0794. The second kappa shape index (κ2) is 6.69. The van der Waals surface area contributed by atoms with Gasteiger partial charge in [-0.2, -0.15) is 0 Å². The summed E-state index contributed by atoms with van der Waals surface area (Å²) < 4.78 is 12.2. The summed E-state index contributed by atoms with van der Waals surface area (Å²) in [6.45, 7) is 7.43. The van der Waals surface area contributed by atoms with Crippen LogP contribution in [0.5, 0.6) is 5.88 Å². The molecule has 0 radical (unpaired) electrons. The summed E-state index contributed by atoms with van der Waals surface area (Å²) in [5, 5.41) is 0. The number of aromatic nitrogens is 3. The summed E-state index contributed by atoms with van der Waals surface area (Å²) in [5.74, 6) is 0.613. The fourth-order valence-electron chi connectivity index (χ4n) is 3.77. The van der Waals surface area contributed by atoms with Crippen molar-refractivity contribution in [1.82, 2.24) is 19.9 Å². The first-order valence-corrected chi connectivity index (χ1v) is 8.84. The number of aryl methyl sites for hydroxylation is 2. The molecule has 1 spiro atoms. The maximum atomic E-state index is 6.11. The quantitative estimate of drug-likeness (QED) is 0.851. The molecule has 6 nitrogen and oxygen atoms in total. The zero-order valence-corrected chi connectivity index (χ0v) is 14.8. The maximum absolute atomic E-state index is 6.11. The first-order chi connectivity index (χ1) is 12.1. The van der Waals surface area contributed by atoms with Crippen molar-refractivity contribution >= 4 is 0 Å². The van der Waals surface area contributed by atoms with Gasteiger partial charge in [0.1, 0.15) is 6.10 Å². The molecule has 0 bridgehead atoms. The molecular weight excluding hydrogens is 316 g/mol. The highest BCUT2D eigenvalue weighted by Crippen LogP contribution is 2.36. The minimum Gasteiger partial charge on any atom is -0.473 e. The number of hydrogen-bond acceptors (Lipinski definition) is 6. The van der Waals surface area contributed by atoms with Crippen LogP contribution < -0.4 is 4.74 Å². The highest BCUT2D eigenvalue weighted by atomic mass is 16.5. The first-order valence-electron chi connectivity index (χ1n) is 8.84. The first kappa shape index (κ1) is 16.4. The molecule has 2 aromatic rings. The van der Waals surface area contributed by atoms with Gasteiger partial charge in [-0.25, -0.2) is 4.98 Å². The van der Waals surface area contributed by atoms with Crippen LogP contribution in [0.4, 0.5) is 0 Å². The van der Waals surface area contributed by atoms with Gasteiger partial charge in [-0.1, -0.05) is 6.07 Å². The summed E-state index contributed by atoms with van der Waals surface area (Å²) in [6, 6.07) is 6.18. The van der Waals surface area contributed by atoms with E-state index in [4.69, 9.17) is 9.47 Å². The molecule has 2 aromatic heterocycles. The number of nitrogens with zero attached hydrogens (tertiary/aromatic N) is 4. The lowest BCUT2D eigenvalue weighted by Gasteiger charge is -2.52. The summed E-state index contributed by atoms with van der Waals surface area (Å²) in [6.07, 6.45) is 5.37. The average molecular weight is 340 g/mol. The smallest absolute Gasteiger partial charge is 0.232 e. The van der Waals surface area contributed by atoms with Crippen LogP contribution in [-0.4, -0.2) is 51.3 Å². The molecule has 6 heteroatoms. The maximum Gasteiger partial charge on any atom is 0.232 e. The standard InChI is InChI=1S/C19H24N4O2/c1-14-4-3-5-16(21-14)11-23-12-19(13-23)8-17(6-7-24-19)25-18-10-20-9-15(2)22-18/h3-5,9-10,17H,6-8,11-13H2,1-2H3/t17-/m1/s1. The predicted molar refractivity (Wildman–Crippen MR) is 93.4 cm³/mol. The predicted octanol–water partition coefficient (Wildman–Crippen LogP) is 2.30.